The van der Waals surface area contributed by atoms with Crippen LogP contribution in [0, 0.1) is 0 Å². The highest BCUT2D eigenvalue weighted by molar-refractivity contribution is 5.94. The number of hydrogen-bond acceptors (Lipinski definition) is 1. The number of hydrogen-bond donors (Lipinski definition) is 0. The van der Waals surface area contributed by atoms with Crippen LogP contribution in [0.3, 0.4) is 0 Å². The summed E-state index contributed by atoms with van der Waals surface area (Å²) in [5.41, 5.74) is 7.44. The summed E-state index contributed by atoms with van der Waals surface area (Å²) in [6, 6.07) is 27.5. The van der Waals surface area contributed by atoms with Crippen molar-refractivity contribution in [1.29, 1.82) is 0 Å². The minimum atomic E-state index is 0.926. The van der Waals surface area contributed by atoms with E-state index >= 15 is 0 Å². The fraction of sp³-hybridized carbons (Fsp3) is 0.0435. The highest BCUT2D eigenvalue weighted by Crippen LogP contribution is 2.38. The molecule has 0 bridgehead atoms. The van der Waals surface area contributed by atoms with E-state index in [0.29, 0.717) is 0 Å². The molecule has 0 amide bonds. The summed E-state index contributed by atoms with van der Waals surface area (Å²) < 4.78 is 6.06. The molecule has 24 heavy (non-hydrogen) atoms. The third-order valence-electron chi connectivity index (χ3n) is 4.72. The molecule has 4 aromatic rings. The lowest BCUT2D eigenvalue weighted by molar-refractivity contribution is 0.598. The van der Waals surface area contributed by atoms with Crippen molar-refractivity contribution in [2.45, 2.75) is 6.42 Å². The molecule has 3 aromatic carbocycles. The Morgan fingerprint density at radius 3 is 2.46 bits per heavy atom. The highest BCUT2D eigenvalue weighted by atomic mass is 16.3. The van der Waals surface area contributed by atoms with Crippen LogP contribution in [0.25, 0.3) is 33.7 Å². The number of allylic oxidation sites excluding steroid dienone is 1. The molecule has 1 nitrogen and oxygen atoms in total. The summed E-state index contributed by atoms with van der Waals surface area (Å²) in [6.45, 7) is 0. The van der Waals surface area contributed by atoms with Crippen molar-refractivity contribution in [3.05, 3.63) is 95.7 Å². The molecule has 1 aliphatic rings. The number of furan rings is 1. The largest absolute Gasteiger partial charge is 0.456 e. The first kappa shape index (κ1) is 13.4. The molecule has 0 N–H and O–H groups in total. The zero-order valence-electron chi connectivity index (χ0n) is 13.2. The van der Waals surface area contributed by atoms with Crippen molar-refractivity contribution < 1.29 is 4.42 Å². The van der Waals surface area contributed by atoms with Crippen LogP contribution in [-0.4, -0.2) is 0 Å². The lowest BCUT2D eigenvalue weighted by Gasteiger charge is -2.07. The molecule has 114 valence electrons. The average Bonchev–Trinajstić information content (AvgIpc) is 3.26. The first-order chi connectivity index (χ1) is 11.9. The zero-order chi connectivity index (χ0) is 15.9. The van der Waals surface area contributed by atoms with Crippen molar-refractivity contribution in [3.8, 4) is 11.1 Å². The van der Waals surface area contributed by atoms with Crippen LogP contribution in [0.2, 0.25) is 0 Å². The van der Waals surface area contributed by atoms with Gasteiger partial charge >= 0.3 is 0 Å². The monoisotopic (exact) mass is 308 g/mol. The zero-order valence-corrected chi connectivity index (χ0v) is 13.2. The van der Waals surface area contributed by atoms with Gasteiger partial charge < -0.3 is 4.42 Å². The Morgan fingerprint density at radius 1 is 0.750 bits per heavy atom. The van der Waals surface area contributed by atoms with Crippen LogP contribution in [-0.2, 0) is 6.42 Å². The van der Waals surface area contributed by atoms with E-state index in [-0.39, 0.29) is 0 Å². The van der Waals surface area contributed by atoms with E-state index in [1.165, 1.54) is 27.8 Å². The number of fused-ring (bicyclic) bond motifs is 2. The van der Waals surface area contributed by atoms with Crippen LogP contribution in [0.15, 0.2) is 83.3 Å². The second-order valence-corrected chi connectivity index (χ2v) is 6.24. The van der Waals surface area contributed by atoms with Gasteiger partial charge in [0.25, 0.3) is 0 Å². The third kappa shape index (κ3) is 2.10. The van der Waals surface area contributed by atoms with Crippen LogP contribution in [0.1, 0.15) is 16.9 Å². The summed E-state index contributed by atoms with van der Waals surface area (Å²) >= 11 is 0. The Labute approximate surface area is 140 Å². The smallest absolute Gasteiger partial charge is 0.134 e. The molecule has 0 unspecified atom stereocenters. The van der Waals surface area contributed by atoms with Crippen LogP contribution >= 0.6 is 0 Å². The van der Waals surface area contributed by atoms with Crippen molar-refractivity contribution >= 4 is 22.6 Å². The normalized spacial score (nSPS) is 13.1. The van der Waals surface area contributed by atoms with E-state index in [0.717, 1.165) is 23.2 Å². The van der Waals surface area contributed by atoms with Crippen LogP contribution in [0.5, 0.6) is 0 Å². The van der Waals surface area contributed by atoms with E-state index in [9.17, 15) is 0 Å². The first-order valence-electron chi connectivity index (χ1n) is 8.25. The Bertz CT molecular complexity index is 1030. The molecule has 5 rings (SSSR count). The maximum absolute atomic E-state index is 6.06. The van der Waals surface area contributed by atoms with E-state index in [1.807, 2.05) is 18.2 Å². The highest BCUT2D eigenvalue weighted by Gasteiger charge is 2.19. The minimum Gasteiger partial charge on any atom is -0.456 e. The number of para-hydroxylation sites is 1. The molecule has 0 saturated heterocycles. The van der Waals surface area contributed by atoms with Crippen LogP contribution < -0.4 is 0 Å². The second-order valence-electron chi connectivity index (χ2n) is 6.24. The third-order valence-corrected chi connectivity index (χ3v) is 4.72. The van der Waals surface area contributed by atoms with Gasteiger partial charge in [0.05, 0.1) is 0 Å². The predicted octanol–water partition coefficient (Wildman–Crippen LogP) is 6.20. The van der Waals surface area contributed by atoms with Gasteiger partial charge in [-0.2, -0.15) is 0 Å². The Balaban J connectivity index is 1.63. The summed E-state index contributed by atoms with van der Waals surface area (Å²) in [7, 11) is 0. The van der Waals surface area contributed by atoms with E-state index in [1.54, 1.807) is 0 Å². The lowest BCUT2D eigenvalue weighted by Crippen LogP contribution is -1.87. The van der Waals surface area contributed by atoms with Gasteiger partial charge in [0, 0.05) is 11.8 Å². The maximum Gasteiger partial charge on any atom is 0.134 e. The van der Waals surface area contributed by atoms with Crippen LogP contribution in [0.4, 0.5) is 0 Å². The van der Waals surface area contributed by atoms with Gasteiger partial charge in [-0.1, -0.05) is 66.7 Å². The second kappa shape index (κ2) is 5.24. The average molecular weight is 308 g/mol. The molecule has 0 saturated carbocycles. The quantitative estimate of drug-likeness (QED) is 0.430. The molecule has 0 spiro atoms. The van der Waals surface area contributed by atoms with Crippen molar-refractivity contribution in [2.24, 2.45) is 0 Å². The van der Waals surface area contributed by atoms with Gasteiger partial charge in [-0.25, -0.2) is 0 Å². The Kier molecular flexibility index (Phi) is 2.92. The van der Waals surface area contributed by atoms with Crippen molar-refractivity contribution in [3.63, 3.8) is 0 Å². The fourth-order valence-corrected chi connectivity index (χ4v) is 3.54. The van der Waals surface area contributed by atoms with Gasteiger partial charge in [0.2, 0.25) is 0 Å². The standard InChI is InChI=1S/C23H16O/c1-2-7-16(8-3-1)20-11-6-10-17-13-19(14-21(17)20)23-15-18-9-4-5-12-22(18)24-23/h1-12,14-15H,13H2. The molecular formula is C23H16O. The number of rotatable bonds is 2. The summed E-state index contributed by atoms with van der Waals surface area (Å²) in [5.74, 6) is 0.978. The molecule has 1 aliphatic carbocycles. The number of benzene rings is 3. The molecule has 1 heterocycles. The van der Waals surface area contributed by atoms with Gasteiger partial charge in [-0.3, -0.25) is 0 Å². The molecule has 1 heteroatoms. The summed E-state index contributed by atoms with van der Waals surface area (Å²) in [6.07, 6.45) is 3.21. The maximum atomic E-state index is 6.06. The lowest BCUT2D eigenvalue weighted by atomic mass is 9.97. The minimum absolute atomic E-state index is 0.926. The van der Waals surface area contributed by atoms with Gasteiger partial charge in [0.1, 0.15) is 11.3 Å². The van der Waals surface area contributed by atoms with E-state index in [2.05, 4.69) is 66.7 Å². The van der Waals surface area contributed by atoms with Gasteiger partial charge in [-0.15, -0.1) is 0 Å². The molecule has 0 aliphatic heterocycles. The predicted molar refractivity (Wildman–Crippen MR) is 99.7 cm³/mol. The summed E-state index contributed by atoms with van der Waals surface area (Å²) in [5, 5.41) is 1.16. The molecular weight excluding hydrogens is 292 g/mol. The van der Waals surface area contributed by atoms with E-state index < -0.39 is 0 Å². The summed E-state index contributed by atoms with van der Waals surface area (Å²) in [4.78, 5) is 0. The van der Waals surface area contributed by atoms with Gasteiger partial charge in [0.15, 0.2) is 0 Å². The SMILES string of the molecule is C1=C(c2cc3ccccc3o2)Cc2cccc(-c3ccccc3)c21. The molecule has 1 aromatic heterocycles. The topological polar surface area (TPSA) is 13.1 Å². The van der Waals surface area contributed by atoms with Crippen molar-refractivity contribution in [1.82, 2.24) is 0 Å². The fourth-order valence-electron chi connectivity index (χ4n) is 3.54. The molecule has 0 radical (unpaired) electrons. The Hall–Kier alpha value is -3.06. The van der Waals surface area contributed by atoms with Gasteiger partial charge in [-0.05, 0) is 46.0 Å². The van der Waals surface area contributed by atoms with E-state index in [4.69, 9.17) is 4.42 Å². The molecule has 0 fully saturated rings. The van der Waals surface area contributed by atoms with Crippen molar-refractivity contribution in [2.75, 3.05) is 0 Å². The molecule has 0 atom stereocenters. The Morgan fingerprint density at radius 2 is 1.58 bits per heavy atom. The first-order valence-corrected chi connectivity index (χ1v) is 8.25.